The zero-order chi connectivity index (χ0) is 23.7. The van der Waals surface area contributed by atoms with Crippen LogP contribution in [0, 0.1) is 6.92 Å². The quantitative estimate of drug-likeness (QED) is 0.288. The number of H-pyrrole nitrogens is 1. The highest BCUT2D eigenvalue weighted by Gasteiger charge is 2.18. The van der Waals surface area contributed by atoms with Crippen molar-refractivity contribution >= 4 is 44.1 Å². The summed E-state index contributed by atoms with van der Waals surface area (Å²) < 4.78 is 12.3. The van der Waals surface area contributed by atoms with Gasteiger partial charge in [0.05, 0.1) is 28.4 Å². The van der Waals surface area contributed by atoms with Gasteiger partial charge in [0.25, 0.3) is 0 Å². The number of amides is 1. The van der Waals surface area contributed by atoms with Crippen LogP contribution in [-0.4, -0.2) is 34.7 Å². The van der Waals surface area contributed by atoms with Gasteiger partial charge in [-0.2, -0.15) is 0 Å². The Labute approximate surface area is 198 Å². The average molecular weight is 473 g/mol. The number of benzene rings is 3. The molecule has 0 bridgehead atoms. The lowest BCUT2D eigenvalue weighted by Crippen LogP contribution is -2.09. The predicted molar refractivity (Wildman–Crippen MR) is 131 cm³/mol. The molecule has 2 aromatic heterocycles. The van der Waals surface area contributed by atoms with Gasteiger partial charge in [0.2, 0.25) is 5.88 Å². The van der Waals surface area contributed by atoms with E-state index in [1.54, 1.807) is 6.07 Å². The van der Waals surface area contributed by atoms with Crippen molar-refractivity contribution in [1.29, 1.82) is 0 Å². The van der Waals surface area contributed by atoms with E-state index in [-0.39, 0.29) is 18.2 Å². The number of thiazole rings is 1. The number of aromatic nitrogens is 2. The van der Waals surface area contributed by atoms with Gasteiger partial charge in [0.1, 0.15) is 5.01 Å². The van der Waals surface area contributed by atoms with Crippen LogP contribution >= 0.6 is 11.3 Å². The Bertz CT molecular complexity index is 1520. The van der Waals surface area contributed by atoms with Crippen molar-refractivity contribution in [3.63, 3.8) is 0 Å². The Kier molecular flexibility index (Phi) is 5.69. The van der Waals surface area contributed by atoms with Gasteiger partial charge in [-0.1, -0.05) is 29.8 Å². The molecule has 0 aliphatic carbocycles. The first-order valence-corrected chi connectivity index (χ1v) is 11.3. The fourth-order valence-corrected chi connectivity index (χ4v) is 4.62. The van der Waals surface area contributed by atoms with Gasteiger partial charge in [-0.3, -0.25) is 4.79 Å². The lowest BCUT2D eigenvalue weighted by molar-refractivity contribution is -0.120. The summed E-state index contributed by atoms with van der Waals surface area (Å²) in [7, 11) is 1.54. The fraction of sp³-hybridized carbons (Fsp3) is 0.120. The molecule has 9 heteroatoms. The largest absolute Gasteiger partial charge is 0.493 e. The number of fused-ring (bicyclic) bond motifs is 2. The summed E-state index contributed by atoms with van der Waals surface area (Å²) in [6.45, 7) is 1.57. The number of para-hydroxylation sites is 2. The molecule has 0 spiro atoms. The van der Waals surface area contributed by atoms with E-state index < -0.39 is 5.91 Å². The number of aromatic amines is 1. The summed E-state index contributed by atoms with van der Waals surface area (Å²) >= 11 is 1.53. The zero-order valence-electron chi connectivity index (χ0n) is 18.4. The number of aryl methyl sites for hydroxylation is 1. The van der Waals surface area contributed by atoms with Gasteiger partial charge in [0.15, 0.2) is 23.8 Å². The summed E-state index contributed by atoms with van der Waals surface area (Å²) in [6, 6.07) is 18.9. The van der Waals surface area contributed by atoms with Crippen molar-refractivity contribution in [2.45, 2.75) is 6.92 Å². The van der Waals surface area contributed by atoms with Crippen LogP contribution in [0.15, 0.2) is 70.9 Å². The van der Waals surface area contributed by atoms with Crippen LogP contribution in [0.2, 0.25) is 0 Å². The van der Waals surface area contributed by atoms with Crippen LogP contribution in [0.5, 0.6) is 17.4 Å². The highest BCUT2D eigenvalue weighted by Crippen LogP contribution is 2.41. The number of nitrogens with zero attached hydrogens (tertiary/aromatic N) is 3. The number of azo groups is 1. The van der Waals surface area contributed by atoms with Crippen molar-refractivity contribution in [1.82, 2.24) is 9.97 Å². The van der Waals surface area contributed by atoms with E-state index in [0.717, 1.165) is 26.4 Å². The molecule has 0 radical (unpaired) electrons. The first kappa shape index (κ1) is 21.6. The molecule has 2 N–H and O–H groups in total. The number of methoxy groups -OCH3 is 1. The molecule has 34 heavy (non-hydrogen) atoms. The molecule has 0 aliphatic rings. The maximum Gasteiger partial charge on any atom is 0.302 e. The summed E-state index contributed by atoms with van der Waals surface area (Å²) in [6.07, 6.45) is 0. The van der Waals surface area contributed by atoms with Crippen LogP contribution in [-0.2, 0) is 4.79 Å². The average Bonchev–Trinajstić information content (AvgIpc) is 3.41. The summed E-state index contributed by atoms with van der Waals surface area (Å²) in [4.78, 5) is 20.0. The third-order valence-corrected chi connectivity index (χ3v) is 6.30. The number of carbonyl (C=O) groups is 1. The molecule has 2 heterocycles. The minimum Gasteiger partial charge on any atom is -0.493 e. The van der Waals surface area contributed by atoms with Crippen LogP contribution in [0.25, 0.3) is 31.7 Å². The first-order chi connectivity index (χ1) is 16.5. The van der Waals surface area contributed by atoms with E-state index in [9.17, 15) is 9.90 Å². The van der Waals surface area contributed by atoms with Gasteiger partial charge in [-0.25, -0.2) is 4.98 Å². The third-order valence-electron chi connectivity index (χ3n) is 5.23. The second-order valence-corrected chi connectivity index (χ2v) is 8.61. The van der Waals surface area contributed by atoms with Crippen molar-refractivity contribution in [3.8, 4) is 28.0 Å². The number of nitrogens with one attached hydrogen (secondary N) is 1. The fourth-order valence-electron chi connectivity index (χ4n) is 3.63. The monoisotopic (exact) mass is 472 g/mol. The van der Waals surface area contributed by atoms with Gasteiger partial charge < -0.3 is 19.6 Å². The highest BCUT2D eigenvalue weighted by molar-refractivity contribution is 7.21. The SMILES string of the molecule is COc1cccc(-c2nc3ccccc3s2)c1OCC(=O)N=Nc1c(O)[nH]c2ccc(C)cc12. The molecule has 5 rings (SSSR count). The maximum absolute atomic E-state index is 12.5. The molecule has 5 aromatic rings. The summed E-state index contributed by atoms with van der Waals surface area (Å²) in [5, 5.41) is 19.3. The Morgan fingerprint density at radius 1 is 1.15 bits per heavy atom. The van der Waals surface area contributed by atoms with Gasteiger partial charge in [0, 0.05) is 5.39 Å². The Morgan fingerprint density at radius 2 is 2.00 bits per heavy atom. The molecule has 0 atom stereocenters. The number of hydrogen-bond acceptors (Lipinski definition) is 7. The minimum absolute atomic E-state index is 0.152. The van der Waals surface area contributed by atoms with Crippen molar-refractivity contribution in [3.05, 3.63) is 66.2 Å². The van der Waals surface area contributed by atoms with Gasteiger partial charge in [-0.15, -0.1) is 21.6 Å². The molecular formula is C25H20N4O4S. The van der Waals surface area contributed by atoms with E-state index in [0.29, 0.717) is 22.4 Å². The van der Waals surface area contributed by atoms with Crippen LogP contribution in [0.1, 0.15) is 5.56 Å². The van der Waals surface area contributed by atoms with Crippen molar-refractivity contribution in [2.75, 3.05) is 13.7 Å². The minimum atomic E-state index is -0.609. The van der Waals surface area contributed by atoms with Crippen LogP contribution in [0.4, 0.5) is 5.69 Å². The topological polar surface area (TPSA) is 109 Å². The molecule has 0 saturated heterocycles. The molecule has 170 valence electrons. The molecule has 1 amide bonds. The molecule has 0 aliphatic heterocycles. The number of aromatic hydroxyl groups is 1. The second kappa shape index (κ2) is 8.95. The molecule has 3 aromatic carbocycles. The van der Waals surface area contributed by atoms with Gasteiger partial charge >= 0.3 is 5.91 Å². The number of carbonyl (C=O) groups excluding carboxylic acids is 1. The molecule has 0 fully saturated rings. The Balaban J connectivity index is 1.39. The Hall–Kier alpha value is -4.24. The Morgan fingerprint density at radius 3 is 2.82 bits per heavy atom. The molecule has 8 nitrogen and oxygen atoms in total. The van der Waals surface area contributed by atoms with Crippen molar-refractivity contribution in [2.24, 2.45) is 10.2 Å². The zero-order valence-corrected chi connectivity index (χ0v) is 19.2. The predicted octanol–water partition coefficient (Wildman–Crippen LogP) is 6.16. The number of ether oxygens (including phenoxy) is 2. The normalized spacial score (nSPS) is 11.5. The lowest BCUT2D eigenvalue weighted by Gasteiger charge is -2.12. The lowest BCUT2D eigenvalue weighted by atomic mass is 10.2. The molecular weight excluding hydrogens is 452 g/mol. The maximum atomic E-state index is 12.5. The van der Waals surface area contributed by atoms with E-state index in [1.807, 2.05) is 61.5 Å². The smallest absolute Gasteiger partial charge is 0.302 e. The number of rotatable bonds is 6. The van der Waals surface area contributed by atoms with E-state index in [4.69, 9.17) is 9.47 Å². The molecule has 0 saturated carbocycles. The van der Waals surface area contributed by atoms with E-state index >= 15 is 0 Å². The number of hydrogen-bond donors (Lipinski definition) is 2. The van der Waals surface area contributed by atoms with Crippen LogP contribution in [0.3, 0.4) is 0 Å². The summed E-state index contributed by atoms with van der Waals surface area (Å²) in [5.41, 5.74) is 3.51. The first-order valence-electron chi connectivity index (χ1n) is 10.4. The van der Waals surface area contributed by atoms with E-state index in [1.165, 1.54) is 18.4 Å². The van der Waals surface area contributed by atoms with Gasteiger partial charge in [-0.05, 0) is 43.3 Å². The standard InChI is InChI=1S/C25H20N4O4S/c1-14-10-11-17-16(12-14)22(24(31)26-17)29-28-21(30)13-33-23-15(6-5-8-19(23)32-2)25-27-18-7-3-4-9-20(18)34-25/h3-12,26,31H,13H2,1-2H3. The summed E-state index contributed by atoms with van der Waals surface area (Å²) in [5.74, 6) is 0.118. The molecule has 0 unspecified atom stereocenters. The highest BCUT2D eigenvalue weighted by atomic mass is 32.1. The van der Waals surface area contributed by atoms with Crippen molar-refractivity contribution < 1.29 is 19.4 Å². The van der Waals surface area contributed by atoms with Crippen LogP contribution < -0.4 is 9.47 Å². The van der Waals surface area contributed by atoms with E-state index in [2.05, 4.69) is 20.2 Å². The second-order valence-electron chi connectivity index (χ2n) is 7.58. The third kappa shape index (κ3) is 4.08.